The molecule has 0 spiro atoms. The molecule has 0 aromatic rings. The molecule has 0 aromatic heterocycles. The quantitative estimate of drug-likeness (QED) is 0.332. The van der Waals surface area contributed by atoms with E-state index in [0.29, 0.717) is 6.42 Å². The van der Waals surface area contributed by atoms with Crippen molar-refractivity contribution in [2.24, 2.45) is 11.8 Å². The summed E-state index contributed by atoms with van der Waals surface area (Å²) < 4.78 is 9.65. The van der Waals surface area contributed by atoms with Gasteiger partial charge in [-0.15, -0.1) is 0 Å². The third-order valence-corrected chi connectivity index (χ3v) is 2.55. The third-order valence-electron chi connectivity index (χ3n) is 2.55. The Morgan fingerprint density at radius 2 is 2.23 bits per heavy atom. The van der Waals surface area contributed by atoms with Crippen molar-refractivity contribution in [3.63, 3.8) is 0 Å². The standard InChI is InChI=1S/C9H10O4/c1-12-6-4-2-3-5-7(6)9(11)13-8(5)10/h2-3,5-7H,4H2,1H3. The molecule has 2 rings (SSSR count). The van der Waals surface area contributed by atoms with Crippen LogP contribution in [0.4, 0.5) is 0 Å². The fourth-order valence-electron chi connectivity index (χ4n) is 1.86. The smallest absolute Gasteiger partial charge is 0.321 e. The van der Waals surface area contributed by atoms with Gasteiger partial charge in [-0.2, -0.15) is 0 Å². The zero-order valence-electron chi connectivity index (χ0n) is 7.23. The lowest BCUT2D eigenvalue weighted by Crippen LogP contribution is -2.33. The van der Waals surface area contributed by atoms with Crippen LogP contribution in [0.1, 0.15) is 6.42 Å². The zero-order chi connectivity index (χ0) is 9.42. The van der Waals surface area contributed by atoms with Crippen molar-refractivity contribution in [3.8, 4) is 0 Å². The van der Waals surface area contributed by atoms with Gasteiger partial charge in [0.1, 0.15) is 5.92 Å². The van der Waals surface area contributed by atoms with Crippen molar-refractivity contribution in [2.45, 2.75) is 12.5 Å². The van der Waals surface area contributed by atoms with Gasteiger partial charge >= 0.3 is 11.9 Å². The first-order valence-corrected chi connectivity index (χ1v) is 4.19. The lowest BCUT2D eigenvalue weighted by molar-refractivity contribution is -0.154. The van der Waals surface area contributed by atoms with Gasteiger partial charge in [0.2, 0.25) is 0 Å². The largest absolute Gasteiger partial charge is 0.392 e. The number of carbonyl (C=O) groups excluding carboxylic acids is 2. The van der Waals surface area contributed by atoms with Crippen LogP contribution in [-0.2, 0) is 19.1 Å². The predicted molar refractivity (Wildman–Crippen MR) is 42.6 cm³/mol. The Morgan fingerprint density at radius 3 is 2.92 bits per heavy atom. The van der Waals surface area contributed by atoms with Crippen molar-refractivity contribution in [1.82, 2.24) is 0 Å². The molecule has 0 N–H and O–H groups in total. The van der Waals surface area contributed by atoms with E-state index in [2.05, 4.69) is 4.74 Å². The summed E-state index contributed by atoms with van der Waals surface area (Å²) in [7, 11) is 1.54. The Bertz CT molecular complexity index is 281. The van der Waals surface area contributed by atoms with Crippen LogP contribution in [-0.4, -0.2) is 25.2 Å². The SMILES string of the molecule is COC1CC=CC2C(=O)OC(=O)C12. The van der Waals surface area contributed by atoms with E-state index >= 15 is 0 Å². The molecule has 1 heterocycles. The highest BCUT2D eigenvalue weighted by Gasteiger charge is 2.48. The molecule has 3 unspecified atom stereocenters. The van der Waals surface area contributed by atoms with Gasteiger partial charge in [0.15, 0.2) is 0 Å². The van der Waals surface area contributed by atoms with E-state index in [4.69, 9.17) is 4.74 Å². The minimum Gasteiger partial charge on any atom is -0.392 e. The molecule has 70 valence electrons. The van der Waals surface area contributed by atoms with E-state index in [-0.39, 0.29) is 6.10 Å². The maximum absolute atomic E-state index is 11.2. The first kappa shape index (κ1) is 8.44. The molecular formula is C9H10O4. The highest BCUT2D eigenvalue weighted by atomic mass is 16.6. The van der Waals surface area contributed by atoms with Gasteiger partial charge in [-0.25, -0.2) is 0 Å². The van der Waals surface area contributed by atoms with Crippen molar-refractivity contribution < 1.29 is 19.1 Å². The lowest BCUT2D eigenvalue weighted by atomic mass is 9.83. The van der Waals surface area contributed by atoms with Gasteiger partial charge in [-0.3, -0.25) is 9.59 Å². The second-order valence-electron chi connectivity index (χ2n) is 3.23. The first-order valence-electron chi connectivity index (χ1n) is 4.19. The van der Waals surface area contributed by atoms with Gasteiger partial charge in [0.25, 0.3) is 0 Å². The van der Waals surface area contributed by atoms with Crippen LogP contribution in [0.25, 0.3) is 0 Å². The molecule has 0 aromatic carbocycles. The number of methoxy groups -OCH3 is 1. The van der Waals surface area contributed by atoms with Gasteiger partial charge in [0.05, 0.1) is 12.0 Å². The minimum atomic E-state index is -0.453. The Labute approximate surface area is 75.5 Å². The summed E-state index contributed by atoms with van der Waals surface area (Å²) in [6.45, 7) is 0. The van der Waals surface area contributed by atoms with Crippen LogP contribution in [0.2, 0.25) is 0 Å². The van der Waals surface area contributed by atoms with E-state index < -0.39 is 23.8 Å². The molecule has 1 saturated heterocycles. The van der Waals surface area contributed by atoms with Crippen LogP contribution < -0.4 is 0 Å². The Morgan fingerprint density at radius 1 is 1.46 bits per heavy atom. The summed E-state index contributed by atoms with van der Waals surface area (Å²) in [4.78, 5) is 22.4. The van der Waals surface area contributed by atoms with Crippen molar-refractivity contribution in [2.75, 3.05) is 7.11 Å². The number of hydrogen-bond donors (Lipinski definition) is 0. The molecule has 1 fully saturated rings. The van der Waals surface area contributed by atoms with Gasteiger partial charge < -0.3 is 9.47 Å². The summed E-state index contributed by atoms with van der Waals surface area (Å²) in [5.74, 6) is -1.76. The average Bonchev–Trinajstić information content (AvgIpc) is 2.43. The summed E-state index contributed by atoms with van der Waals surface area (Å²) in [5.41, 5.74) is 0. The third kappa shape index (κ3) is 1.18. The Hall–Kier alpha value is -1.16. The van der Waals surface area contributed by atoms with Crippen LogP contribution in [0, 0.1) is 11.8 Å². The lowest BCUT2D eigenvalue weighted by Gasteiger charge is -2.23. The maximum Gasteiger partial charge on any atom is 0.321 e. The van der Waals surface area contributed by atoms with E-state index in [1.165, 1.54) is 7.11 Å². The van der Waals surface area contributed by atoms with E-state index in [1.807, 2.05) is 6.08 Å². The van der Waals surface area contributed by atoms with Crippen LogP contribution in [0.3, 0.4) is 0 Å². The second kappa shape index (κ2) is 2.96. The number of fused-ring (bicyclic) bond motifs is 1. The van der Waals surface area contributed by atoms with E-state index in [9.17, 15) is 9.59 Å². The molecule has 3 atom stereocenters. The van der Waals surface area contributed by atoms with Crippen molar-refractivity contribution in [1.29, 1.82) is 0 Å². The molecule has 1 aliphatic heterocycles. The zero-order valence-corrected chi connectivity index (χ0v) is 7.23. The van der Waals surface area contributed by atoms with Crippen LogP contribution >= 0.6 is 0 Å². The molecule has 2 aliphatic rings. The fraction of sp³-hybridized carbons (Fsp3) is 0.556. The second-order valence-corrected chi connectivity index (χ2v) is 3.23. The van der Waals surface area contributed by atoms with Gasteiger partial charge in [-0.1, -0.05) is 12.2 Å². The highest BCUT2D eigenvalue weighted by Crippen LogP contribution is 2.33. The van der Waals surface area contributed by atoms with E-state index in [1.54, 1.807) is 6.08 Å². The van der Waals surface area contributed by atoms with Crippen LogP contribution in [0.5, 0.6) is 0 Å². The molecule has 1 aliphatic carbocycles. The monoisotopic (exact) mass is 182 g/mol. The first-order chi connectivity index (χ1) is 6.24. The number of carbonyl (C=O) groups is 2. The average molecular weight is 182 g/mol. The summed E-state index contributed by atoms with van der Waals surface area (Å²) in [5, 5.41) is 0. The molecule has 0 radical (unpaired) electrons. The molecule has 0 bridgehead atoms. The number of esters is 2. The topological polar surface area (TPSA) is 52.6 Å². The van der Waals surface area contributed by atoms with Crippen molar-refractivity contribution in [3.05, 3.63) is 12.2 Å². The summed E-state index contributed by atoms with van der Waals surface area (Å²) in [6, 6.07) is 0. The minimum absolute atomic E-state index is 0.214. The van der Waals surface area contributed by atoms with Gasteiger partial charge in [-0.05, 0) is 6.42 Å². The van der Waals surface area contributed by atoms with Crippen molar-refractivity contribution >= 4 is 11.9 Å². The molecule has 13 heavy (non-hydrogen) atoms. The summed E-state index contributed by atoms with van der Waals surface area (Å²) >= 11 is 0. The molecule has 0 amide bonds. The van der Waals surface area contributed by atoms with Gasteiger partial charge in [0, 0.05) is 7.11 Å². The normalized spacial score (nSPS) is 37.5. The Balaban J connectivity index is 2.30. The number of cyclic esters (lactones) is 2. The summed E-state index contributed by atoms with van der Waals surface area (Å²) in [6.07, 6.45) is 4.04. The number of hydrogen-bond acceptors (Lipinski definition) is 4. The number of rotatable bonds is 1. The number of ether oxygens (including phenoxy) is 2. The molecule has 4 nitrogen and oxygen atoms in total. The molecular weight excluding hydrogens is 172 g/mol. The predicted octanol–water partition coefficient (Wildman–Crippen LogP) is 0.277. The molecule has 0 saturated carbocycles. The Kier molecular flexibility index (Phi) is 1.92. The van der Waals surface area contributed by atoms with E-state index in [0.717, 1.165) is 0 Å². The maximum atomic E-state index is 11.2. The highest BCUT2D eigenvalue weighted by molar-refractivity contribution is 5.98. The fourth-order valence-corrected chi connectivity index (χ4v) is 1.86. The molecule has 4 heteroatoms. The van der Waals surface area contributed by atoms with Crippen LogP contribution in [0.15, 0.2) is 12.2 Å².